The quantitative estimate of drug-likeness (QED) is 0.924. The Morgan fingerprint density at radius 3 is 2.68 bits per heavy atom. The Morgan fingerprint density at radius 2 is 1.91 bits per heavy atom. The molecule has 5 heteroatoms. The average molecular weight is 300 g/mol. The smallest absolute Gasteiger partial charge is 0.201 e. The topological polar surface area (TPSA) is 57.2 Å². The molecule has 2 aromatic rings. The molecule has 0 fully saturated rings. The second kappa shape index (κ2) is 4.73. The number of ether oxygens (including phenoxy) is 4. The predicted octanol–water partition coefficient (Wildman–Crippen LogP) is 3.02. The van der Waals surface area contributed by atoms with Crippen LogP contribution in [0.15, 0.2) is 30.3 Å². The van der Waals surface area contributed by atoms with Crippen LogP contribution in [0.4, 0.5) is 0 Å². The van der Waals surface area contributed by atoms with Crippen molar-refractivity contribution in [1.29, 1.82) is 0 Å². The maximum atomic E-state index is 10.2. The minimum atomic E-state index is -0.164. The molecule has 5 nitrogen and oxygen atoms in total. The van der Waals surface area contributed by atoms with Crippen molar-refractivity contribution in [2.45, 2.75) is 12.0 Å². The van der Waals surface area contributed by atoms with Crippen molar-refractivity contribution in [2.75, 3.05) is 20.8 Å². The number of rotatable bonds is 2. The molecule has 0 radical (unpaired) electrons. The van der Waals surface area contributed by atoms with E-state index in [1.807, 2.05) is 24.3 Å². The fourth-order valence-corrected chi connectivity index (χ4v) is 3.17. The first kappa shape index (κ1) is 13.1. The number of benzene rings is 2. The van der Waals surface area contributed by atoms with Crippen LogP contribution in [0.3, 0.4) is 0 Å². The number of hydrogen-bond acceptors (Lipinski definition) is 5. The molecule has 0 aliphatic carbocycles. The van der Waals surface area contributed by atoms with E-state index in [1.54, 1.807) is 13.2 Å². The van der Waals surface area contributed by atoms with E-state index in [9.17, 15) is 5.11 Å². The van der Waals surface area contributed by atoms with Gasteiger partial charge in [-0.15, -0.1) is 0 Å². The summed E-state index contributed by atoms with van der Waals surface area (Å²) < 4.78 is 22.3. The Morgan fingerprint density at radius 1 is 1.09 bits per heavy atom. The van der Waals surface area contributed by atoms with E-state index < -0.39 is 0 Å². The van der Waals surface area contributed by atoms with Gasteiger partial charge >= 0.3 is 0 Å². The maximum absolute atomic E-state index is 10.2. The third kappa shape index (κ3) is 1.71. The summed E-state index contributed by atoms with van der Waals surface area (Å²) in [6.07, 6.45) is -0.164. The van der Waals surface area contributed by atoms with Crippen LogP contribution in [0.5, 0.6) is 28.7 Å². The van der Waals surface area contributed by atoms with Gasteiger partial charge in [0.15, 0.2) is 11.5 Å². The summed E-state index contributed by atoms with van der Waals surface area (Å²) in [5, 5.41) is 10.2. The summed E-state index contributed by atoms with van der Waals surface area (Å²) in [5.41, 5.74) is 1.94. The van der Waals surface area contributed by atoms with Gasteiger partial charge in [-0.2, -0.15) is 0 Å². The van der Waals surface area contributed by atoms with Gasteiger partial charge in [-0.25, -0.2) is 0 Å². The molecule has 2 heterocycles. The van der Waals surface area contributed by atoms with Crippen molar-refractivity contribution < 1.29 is 24.1 Å². The minimum absolute atomic E-state index is 0.0237. The molecule has 2 aliphatic heterocycles. The largest absolute Gasteiger partial charge is 0.502 e. The SMILES string of the molecule is COc1ccc2c(c1)O[C@H]1c3ccc(OC)c(O)c3OC[C@@H]21. The van der Waals surface area contributed by atoms with E-state index in [4.69, 9.17) is 18.9 Å². The van der Waals surface area contributed by atoms with E-state index in [-0.39, 0.29) is 17.8 Å². The number of phenols is 1. The summed E-state index contributed by atoms with van der Waals surface area (Å²) in [7, 11) is 3.15. The van der Waals surface area contributed by atoms with Crippen LogP contribution in [0, 0.1) is 0 Å². The van der Waals surface area contributed by atoms with Crippen LogP contribution >= 0.6 is 0 Å². The van der Waals surface area contributed by atoms with Gasteiger partial charge in [-0.05, 0) is 18.2 Å². The summed E-state index contributed by atoms with van der Waals surface area (Å²) in [6.45, 7) is 0.456. The Kier molecular flexibility index (Phi) is 2.82. The predicted molar refractivity (Wildman–Crippen MR) is 79.3 cm³/mol. The van der Waals surface area contributed by atoms with Crippen molar-refractivity contribution in [2.24, 2.45) is 0 Å². The Balaban J connectivity index is 1.78. The second-order valence-electron chi connectivity index (χ2n) is 5.39. The van der Waals surface area contributed by atoms with Gasteiger partial charge in [0.05, 0.1) is 26.7 Å². The highest BCUT2D eigenvalue weighted by atomic mass is 16.5. The molecule has 4 rings (SSSR count). The van der Waals surface area contributed by atoms with Crippen molar-refractivity contribution in [3.05, 3.63) is 41.5 Å². The Bertz CT molecular complexity index is 740. The van der Waals surface area contributed by atoms with E-state index >= 15 is 0 Å². The van der Waals surface area contributed by atoms with Crippen molar-refractivity contribution in [3.8, 4) is 28.7 Å². The average Bonchev–Trinajstić information content (AvgIpc) is 2.93. The minimum Gasteiger partial charge on any atom is -0.502 e. The third-order valence-electron chi connectivity index (χ3n) is 4.30. The molecule has 0 spiro atoms. The lowest BCUT2D eigenvalue weighted by atomic mass is 9.89. The van der Waals surface area contributed by atoms with Crippen LogP contribution in [-0.2, 0) is 0 Å². The van der Waals surface area contributed by atoms with E-state index in [2.05, 4.69) is 0 Å². The zero-order valence-corrected chi connectivity index (χ0v) is 12.3. The number of aromatic hydroxyl groups is 1. The van der Waals surface area contributed by atoms with Crippen LogP contribution in [0.2, 0.25) is 0 Å². The van der Waals surface area contributed by atoms with Crippen LogP contribution < -0.4 is 18.9 Å². The molecule has 2 aromatic carbocycles. The van der Waals surface area contributed by atoms with Crippen LogP contribution in [-0.4, -0.2) is 25.9 Å². The summed E-state index contributed by atoms with van der Waals surface area (Å²) in [4.78, 5) is 0. The molecule has 1 N–H and O–H groups in total. The molecule has 0 amide bonds. The number of methoxy groups -OCH3 is 2. The van der Waals surface area contributed by atoms with E-state index in [1.165, 1.54) is 7.11 Å². The molecule has 2 aliphatic rings. The summed E-state index contributed by atoms with van der Waals surface area (Å²) >= 11 is 0. The van der Waals surface area contributed by atoms with Crippen LogP contribution in [0.25, 0.3) is 0 Å². The third-order valence-corrected chi connectivity index (χ3v) is 4.30. The molecule has 114 valence electrons. The van der Waals surface area contributed by atoms with Gasteiger partial charge in [-0.3, -0.25) is 0 Å². The lowest BCUT2D eigenvalue weighted by Gasteiger charge is -2.28. The van der Waals surface area contributed by atoms with Crippen LogP contribution in [0.1, 0.15) is 23.1 Å². The number of fused-ring (bicyclic) bond motifs is 5. The summed E-state index contributed by atoms with van der Waals surface area (Å²) in [6, 6.07) is 9.43. The Hall–Kier alpha value is -2.56. The highest BCUT2D eigenvalue weighted by Crippen LogP contribution is 2.54. The molecule has 0 saturated heterocycles. The van der Waals surface area contributed by atoms with E-state index in [0.717, 1.165) is 22.6 Å². The highest BCUT2D eigenvalue weighted by molar-refractivity contribution is 5.59. The van der Waals surface area contributed by atoms with Gasteiger partial charge in [0.25, 0.3) is 0 Å². The maximum Gasteiger partial charge on any atom is 0.201 e. The standard InChI is InChI=1S/C17H16O5/c1-19-9-3-4-10-12-8-21-17-11(16(12)22-14(10)7-9)5-6-13(20-2)15(17)18/h3-7,12,16,18H,8H2,1-2H3/t12-,16-/m0/s1. The zero-order chi connectivity index (χ0) is 15.3. The van der Waals surface area contributed by atoms with Gasteiger partial charge in [-0.1, -0.05) is 6.07 Å². The fraction of sp³-hybridized carbons (Fsp3) is 0.294. The lowest BCUT2D eigenvalue weighted by Crippen LogP contribution is -2.23. The van der Waals surface area contributed by atoms with Crippen molar-refractivity contribution in [3.63, 3.8) is 0 Å². The number of phenolic OH excluding ortho intramolecular Hbond substituents is 1. The van der Waals surface area contributed by atoms with Gasteiger partial charge in [0, 0.05) is 17.2 Å². The van der Waals surface area contributed by atoms with E-state index in [0.29, 0.717) is 18.1 Å². The number of hydrogen-bond donors (Lipinski definition) is 1. The first-order chi connectivity index (χ1) is 10.7. The zero-order valence-electron chi connectivity index (χ0n) is 12.3. The molecular weight excluding hydrogens is 284 g/mol. The second-order valence-corrected chi connectivity index (χ2v) is 5.39. The van der Waals surface area contributed by atoms with Crippen molar-refractivity contribution >= 4 is 0 Å². The first-order valence-electron chi connectivity index (χ1n) is 7.10. The summed E-state index contributed by atoms with van der Waals surface area (Å²) in [5.74, 6) is 2.55. The molecule has 2 atom stereocenters. The Labute approximate surface area is 128 Å². The molecular formula is C17H16O5. The lowest BCUT2D eigenvalue weighted by molar-refractivity contribution is 0.135. The first-order valence-corrected chi connectivity index (χ1v) is 7.10. The fourth-order valence-electron chi connectivity index (χ4n) is 3.17. The molecule has 0 unspecified atom stereocenters. The molecule has 0 bridgehead atoms. The normalized spacial score (nSPS) is 21.0. The molecule has 22 heavy (non-hydrogen) atoms. The molecule has 0 saturated carbocycles. The molecule has 0 aromatic heterocycles. The van der Waals surface area contributed by atoms with Gasteiger partial charge in [0.1, 0.15) is 17.6 Å². The van der Waals surface area contributed by atoms with Gasteiger partial charge in [0.2, 0.25) is 5.75 Å². The van der Waals surface area contributed by atoms with Crippen molar-refractivity contribution in [1.82, 2.24) is 0 Å². The van der Waals surface area contributed by atoms with Gasteiger partial charge < -0.3 is 24.1 Å². The monoisotopic (exact) mass is 300 g/mol. The highest BCUT2D eigenvalue weighted by Gasteiger charge is 2.42.